The third kappa shape index (κ3) is 6.60. The molecule has 0 saturated heterocycles. The Bertz CT molecular complexity index is 1340. The number of nitrogens with zero attached hydrogens (tertiary/aromatic N) is 1. The molecule has 0 spiro atoms. The summed E-state index contributed by atoms with van der Waals surface area (Å²) in [5, 5.41) is 0.894. The lowest BCUT2D eigenvalue weighted by molar-refractivity contribution is -0.143. The number of aryl methyl sites for hydroxylation is 2. The van der Waals surface area contributed by atoms with E-state index in [0.717, 1.165) is 16.5 Å². The first-order valence-corrected chi connectivity index (χ1v) is 13.2. The van der Waals surface area contributed by atoms with Gasteiger partial charge in [-0.15, -0.1) is 11.6 Å². The zero-order valence-electron chi connectivity index (χ0n) is 21.3. The van der Waals surface area contributed by atoms with Crippen LogP contribution in [0.4, 0.5) is 0 Å². The van der Waals surface area contributed by atoms with Crippen LogP contribution in [0.2, 0.25) is 0 Å². The molecule has 0 radical (unpaired) electrons. The lowest BCUT2D eigenvalue weighted by Gasteiger charge is -2.19. The molecule has 0 amide bonds. The van der Waals surface area contributed by atoms with E-state index in [1.807, 2.05) is 47.2 Å². The Labute approximate surface area is 223 Å². The zero-order chi connectivity index (χ0) is 26.2. The normalized spacial score (nSPS) is 11.9. The summed E-state index contributed by atoms with van der Waals surface area (Å²) in [6, 6.07) is 23.4. The highest BCUT2D eigenvalue weighted by molar-refractivity contribution is 6.18. The molecular formula is C31H32ClNO4. The average molecular weight is 518 g/mol. The van der Waals surface area contributed by atoms with Crippen molar-refractivity contribution in [2.75, 3.05) is 12.5 Å². The van der Waals surface area contributed by atoms with Crippen LogP contribution in [0.15, 0.2) is 79.0 Å². The molecule has 0 fully saturated rings. The van der Waals surface area contributed by atoms with Crippen LogP contribution in [-0.2, 0) is 16.1 Å². The number of hydrogen-bond donors (Lipinski definition) is 0. The number of carbonyl (C=O) groups is 2. The summed E-state index contributed by atoms with van der Waals surface area (Å²) in [5.41, 5.74) is 4.46. The highest BCUT2D eigenvalue weighted by Crippen LogP contribution is 2.28. The van der Waals surface area contributed by atoms with Gasteiger partial charge >= 0.3 is 5.97 Å². The highest BCUT2D eigenvalue weighted by Gasteiger charge is 2.18. The third-order valence-corrected chi connectivity index (χ3v) is 6.55. The van der Waals surface area contributed by atoms with Gasteiger partial charge in [-0.2, -0.15) is 0 Å². The maximum atomic E-state index is 13.5. The predicted molar refractivity (Wildman–Crippen MR) is 148 cm³/mol. The number of ketones is 1. The number of halogens is 1. The molecule has 192 valence electrons. The molecule has 3 aromatic carbocycles. The van der Waals surface area contributed by atoms with Crippen molar-refractivity contribution in [2.24, 2.45) is 0 Å². The molecule has 0 aliphatic heterocycles. The summed E-state index contributed by atoms with van der Waals surface area (Å²) >= 11 is 6.04. The fourth-order valence-electron chi connectivity index (χ4n) is 4.42. The molecular weight excluding hydrogens is 486 g/mol. The van der Waals surface area contributed by atoms with Gasteiger partial charge in [-0.3, -0.25) is 9.59 Å². The van der Waals surface area contributed by atoms with E-state index < -0.39 is 0 Å². The Morgan fingerprint density at radius 3 is 2.41 bits per heavy atom. The van der Waals surface area contributed by atoms with E-state index >= 15 is 0 Å². The van der Waals surface area contributed by atoms with Gasteiger partial charge in [0.25, 0.3) is 0 Å². The predicted octanol–water partition coefficient (Wildman–Crippen LogP) is 7.27. The molecule has 4 aromatic rings. The van der Waals surface area contributed by atoms with Crippen LogP contribution in [0.3, 0.4) is 0 Å². The molecule has 1 aromatic heterocycles. The molecule has 0 aliphatic carbocycles. The molecule has 5 nitrogen and oxygen atoms in total. The standard InChI is InChI=1S/C31H32ClNO4/c1-3-36-30(34)9-6-20-33-21-27(26-7-4-5-8-28(26)33)31(35)24-14-16-25(17-15-24)37-29(18-19-32)23-12-10-22(2)11-13-23/h4-5,7-8,10-17,21,29H,3,6,9,18-20H2,1-2H3/t29-/m0/s1. The van der Waals surface area contributed by atoms with Gasteiger partial charge in [0.2, 0.25) is 0 Å². The van der Waals surface area contributed by atoms with Gasteiger partial charge in [-0.05, 0) is 56.2 Å². The Balaban J connectivity index is 1.50. The summed E-state index contributed by atoms with van der Waals surface area (Å²) in [7, 11) is 0. The maximum absolute atomic E-state index is 13.5. The molecule has 4 rings (SSSR count). The van der Waals surface area contributed by atoms with Gasteiger partial charge in [0.15, 0.2) is 5.78 Å². The monoisotopic (exact) mass is 517 g/mol. The minimum absolute atomic E-state index is 0.0530. The second kappa shape index (κ2) is 12.6. The molecule has 1 atom stereocenters. The smallest absolute Gasteiger partial charge is 0.305 e. The third-order valence-electron chi connectivity index (χ3n) is 6.33. The fourth-order valence-corrected chi connectivity index (χ4v) is 4.62. The van der Waals surface area contributed by atoms with E-state index in [4.69, 9.17) is 21.1 Å². The van der Waals surface area contributed by atoms with Crippen LogP contribution in [0, 0.1) is 6.92 Å². The largest absolute Gasteiger partial charge is 0.486 e. The van der Waals surface area contributed by atoms with Crippen molar-refractivity contribution in [3.05, 3.63) is 101 Å². The van der Waals surface area contributed by atoms with Gasteiger partial charge in [-0.25, -0.2) is 0 Å². The van der Waals surface area contributed by atoms with Crippen molar-refractivity contribution in [1.29, 1.82) is 0 Å². The minimum atomic E-state index is -0.201. The first-order chi connectivity index (χ1) is 18.0. The minimum Gasteiger partial charge on any atom is -0.486 e. The first-order valence-electron chi connectivity index (χ1n) is 12.7. The van der Waals surface area contributed by atoms with Gasteiger partial charge in [-0.1, -0.05) is 48.0 Å². The Morgan fingerprint density at radius 2 is 1.70 bits per heavy atom. The van der Waals surface area contributed by atoms with Crippen LogP contribution in [0.25, 0.3) is 10.9 Å². The number of carbonyl (C=O) groups excluding carboxylic acids is 2. The number of hydrogen-bond acceptors (Lipinski definition) is 4. The topological polar surface area (TPSA) is 57.5 Å². The number of ether oxygens (including phenoxy) is 2. The molecule has 0 saturated carbocycles. The molecule has 1 heterocycles. The van der Waals surface area contributed by atoms with Crippen molar-refractivity contribution in [3.8, 4) is 5.75 Å². The van der Waals surface area contributed by atoms with Crippen molar-refractivity contribution in [2.45, 2.75) is 45.8 Å². The zero-order valence-corrected chi connectivity index (χ0v) is 22.0. The van der Waals surface area contributed by atoms with Crippen LogP contribution in [0.5, 0.6) is 5.75 Å². The number of fused-ring (bicyclic) bond motifs is 1. The summed E-state index contributed by atoms with van der Waals surface area (Å²) in [6.45, 7) is 4.86. The van der Waals surface area contributed by atoms with E-state index in [1.54, 1.807) is 19.1 Å². The van der Waals surface area contributed by atoms with Crippen LogP contribution in [0.1, 0.15) is 59.3 Å². The Kier molecular flexibility index (Phi) is 9.02. The number of aromatic nitrogens is 1. The van der Waals surface area contributed by atoms with E-state index in [9.17, 15) is 9.59 Å². The van der Waals surface area contributed by atoms with Gasteiger partial charge < -0.3 is 14.0 Å². The van der Waals surface area contributed by atoms with Crippen molar-refractivity contribution in [1.82, 2.24) is 4.57 Å². The summed E-state index contributed by atoms with van der Waals surface area (Å²) in [5.74, 6) is 0.920. The van der Waals surface area contributed by atoms with Gasteiger partial charge in [0, 0.05) is 53.5 Å². The van der Waals surface area contributed by atoms with Crippen LogP contribution < -0.4 is 4.74 Å². The quantitative estimate of drug-likeness (QED) is 0.113. The molecule has 37 heavy (non-hydrogen) atoms. The lowest BCUT2D eigenvalue weighted by atomic mass is 10.0. The lowest BCUT2D eigenvalue weighted by Crippen LogP contribution is -2.09. The van der Waals surface area contributed by atoms with Gasteiger partial charge in [0.1, 0.15) is 11.9 Å². The summed E-state index contributed by atoms with van der Waals surface area (Å²) in [4.78, 5) is 25.2. The Morgan fingerprint density at radius 1 is 0.973 bits per heavy atom. The van der Waals surface area contributed by atoms with Crippen molar-refractivity contribution in [3.63, 3.8) is 0 Å². The summed E-state index contributed by atoms with van der Waals surface area (Å²) < 4.78 is 13.3. The molecule has 0 unspecified atom stereocenters. The number of esters is 1. The van der Waals surface area contributed by atoms with Crippen molar-refractivity contribution >= 4 is 34.3 Å². The fraction of sp³-hybridized carbons (Fsp3) is 0.290. The van der Waals surface area contributed by atoms with E-state index in [2.05, 4.69) is 31.2 Å². The van der Waals surface area contributed by atoms with Crippen LogP contribution >= 0.6 is 11.6 Å². The van der Waals surface area contributed by atoms with E-state index in [0.29, 0.717) is 55.2 Å². The highest BCUT2D eigenvalue weighted by atomic mass is 35.5. The SMILES string of the molecule is CCOC(=O)CCCn1cc(C(=O)c2ccc(O[C@@H](CCCl)c3ccc(C)cc3)cc2)c2ccccc21. The number of rotatable bonds is 12. The first kappa shape index (κ1) is 26.5. The second-order valence-corrected chi connectivity index (χ2v) is 9.39. The average Bonchev–Trinajstić information content (AvgIpc) is 3.28. The van der Waals surface area contributed by atoms with E-state index in [-0.39, 0.29) is 17.9 Å². The number of alkyl halides is 1. The maximum Gasteiger partial charge on any atom is 0.305 e. The second-order valence-electron chi connectivity index (χ2n) is 9.01. The molecule has 0 N–H and O–H groups in total. The van der Waals surface area contributed by atoms with Gasteiger partial charge in [0.05, 0.1) is 6.61 Å². The molecule has 0 bridgehead atoms. The van der Waals surface area contributed by atoms with Crippen LogP contribution in [-0.4, -0.2) is 28.8 Å². The Hall–Kier alpha value is -3.57. The number of benzene rings is 3. The number of para-hydroxylation sites is 1. The summed E-state index contributed by atoms with van der Waals surface area (Å²) in [6.07, 6.45) is 3.39. The molecule has 0 aliphatic rings. The van der Waals surface area contributed by atoms with Crippen molar-refractivity contribution < 1.29 is 19.1 Å². The molecule has 6 heteroatoms. The van der Waals surface area contributed by atoms with E-state index in [1.165, 1.54) is 5.56 Å².